The molecule has 2 fully saturated rings. The van der Waals surface area contributed by atoms with Gasteiger partial charge in [0.05, 0.1) is 0 Å². The van der Waals surface area contributed by atoms with Gasteiger partial charge in [-0.25, -0.2) is 0 Å². The van der Waals surface area contributed by atoms with E-state index in [9.17, 15) is 9.59 Å². The summed E-state index contributed by atoms with van der Waals surface area (Å²) in [7, 11) is 0. The molecule has 3 heterocycles. The van der Waals surface area contributed by atoms with Gasteiger partial charge in [-0.05, 0) is 0 Å². The van der Waals surface area contributed by atoms with Crippen LogP contribution in [0.1, 0.15) is 69.9 Å². The number of nitrogens with one attached hydrogen (secondary N) is 3. The number of aromatic nitrogens is 2. The summed E-state index contributed by atoms with van der Waals surface area (Å²) < 4.78 is 3.53. The molecule has 7 nitrogen and oxygen atoms in total. The molecule has 3 N–H and O–H groups in total. The Morgan fingerprint density at radius 3 is 2.94 bits per heavy atom. The fourth-order valence-electron chi connectivity index (χ4n) is 5.09. The number of carbonyl (C=O) groups is 2. The SMILES string of the molecule is CC1(N2CCc3nc(C(=O)N[I-]C4CCC[C@H]4NC(=O)c4cc5cc(Cl)ccc5[nH]4)sc3C2)CC1. The van der Waals surface area contributed by atoms with E-state index in [4.69, 9.17) is 11.6 Å². The van der Waals surface area contributed by atoms with Crippen LogP contribution in [0.25, 0.3) is 10.9 Å². The number of nitrogens with zero attached hydrogens (tertiary/aromatic N) is 2. The fraction of sp³-hybridized carbons (Fsp3) is 0.480. The first-order valence-corrected chi connectivity index (χ1v) is 15.7. The molecule has 0 spiro atoms. The molecule has 0 radical (unpaired) electrons. The van der Waals surface area contributed by atoms with Gasteiger partial charge in [-0.2, -0.15) is 0 Å². The van der Waals surface area contributed by atoms with E-state index >= 15 is 0 Å². The topological polar surface area (TPSA) is 90.1 Å². The quantitative estimate of drug-likeness (QED) is 0.219. The third-order valence-corrected chi connectivity index (χ3v) is 11.9. The molecule has 3 aliphatic rings. The maximum absolute atomic E-state index is 12.9. The summed E-state index contributed by atoms with van der Waals surface area (Å²) in [6.07, 6.45) is 6.51. The summed E-state index contributed by atoms with van der Waals surface area (Å²) in [5, 5.41) is 5.36. The zero-order valence-electron chi connectivity index (χ0n) is 19.5. The molecular formula is C25H28ClIN5O2S-. The van der Waals surface area contributed by atoms with E-state index in [0.29, 0.717) is 25.2 Å². The van der Waals surface area contributed by atoms with Crippen molar-refractivity contribution in [3.8, 4) is 0 Å². The zero-order chi connectivity index (χ0) is 24.2. The number of benzene rings is 1. The van der Waals surface area contributed by atoms with Crippen molar-refractivity contribution in [1.82, 2.24) is 23.7 Å². The Balaban J connectivity index is 1.05. The van der Waals surface area contributed by atoms with E-state index in [1.807, 2.05) is 24.3 Å². The number of thiazole rings is 1. The number of carbonyl (C=O) groups excluding carboxylic acids is 2. The molecule has 0 saturated heterocycles. The van der Waals surface area contributed by atoms with Gasteiger partial charge < -0.3 is 0 Å². The molecule has 2 saturated carbocycles. The molecule has 186 valence electrons. The molecule has 3 aromatic rings. The normalized spacial score (nSPS) is 23.4. The molecule has 1 aliphatic heterocycles. The molecule has 2 aromatic heterocycles. The van der Waals surface area contributed by atoms with E-state index in [-0.39, 0.29) is 17.9 Å². The number of hydrogen-bond donors (Lipinski definition) is 3. The van der Waals surface area contributed by atoms with Crippen LogP contribution in [0.4, 0.5) is 0 Å². The number of hydrogen-bond acceptors (Lipinski definition) is 5. The summed E-state index contributed by atoms with van der Waals surface area (Å²) in [6.45, 7) is 4.29. The number of fused-ring (bicyclic) bond motifs is 2. The molecule has 35 heavy (non-hydrogen) atoms. The van der Waals surface area contributed by atoms with Crippen LogP contribution in [0.2, 0.25) is 5.02 Å². The predicted octanol–water partition coefficient (Wildman–Crippen LogP) is 1.27. The minimum absolute atomic E-state index is 0.0501. The predicted molar refractivity (Wildman–Crippen MR) is 134 cm³/mol. The molecule has 2 amide bonds. The number of aromatic amines is 1. The fourth-order valence-corrected chi connectivity index (χ4v) is 9.14. The third-order valence-electron chi connectivity index (χ3n) is 7.52. The summed E-state index contributed by atoms with van der Waals surface area (Å²) in [5.74, 6) is -0.156. The molecule has 2 aliphatic carbocycles. The van der Waals surface area contributed by atoms with Gasteiger partial charge >= 0.3 is 225 Å². The average molecular weight is 625 g/mol. The van der Waals surface area contributed by atoms with Crippen LogP contribution in [0.5, 0.6) is 0 Å². The Morgan fingerprint density at radius 2 is 2.11 bits per heavy atom. The van der Waals surface area contributed by atoms with E-state index in [0.717, 1.165) is 55.4 Å². The van der Waals surface area contributed by atoms with Gasteiger partial charge in [0.2, 0.25) is 0 Å². The van der Waals surface area contributed by atoms with Gasteiger partial charge in [0.15, 0.2) is 0 Å². The summed E-state index contributed by atoms with van der Waals surface area (Å²) in [4.78, 5) is 37.5. The molecule has 0 bridgehead atoms. The van der Waals surface area contributed by atoms with Crippen LogP contribution < -0.4 is 30.3 Å². The first kappa shape index (κ1) is 23.7. The number of H-pyrrole nitrogens is 1. The maximum atomic E-state index is 12.9. The first-order chi connectivity index (χ1) is 16.9. The molecular weight excluding hydrogens is 597 g/mol. The van der Waals surface area contributed by atoms with Crippen molar-refractivity contribution in [2.75, 3.05) is 6.54 Å². The van der Waals surface area contributed by atoms with Crippen molar-refractivity contribution in [1.29, 1.82) is 0 Å². The second-order valence-corrected chi connectivity index (χ2v) is 14.3. The monoisotopic (exact) mass is 624 g/mol. The van der Waals surface area contributed by atoms with Gasteiger partial charge in [0.1, 0.15) is 0 Å². The second-order valence-electron chi connectivity index (χ2n) is 10.0. The summed E-state index contributed by atoms with van der Waals surface area (Å²) >= 11 is 7.02. The average Bonchev–Trinajstić information content (AvgIpc) is 3.22. The first-order valence-electron chi connectivity index (χ1n) is 12.1. The van der Waals surface area contributed by atoms with E-state index < -0.39 is 21.5 Å². The van der Waals surface area contributed by atoms with Crippen LogP contribution in [0.3, 0.4) is 0 Å². The Morgan fingerprint density at radius 1 is 1.26 bits per heavy atom. The van der Waals surface area contributed by atoms with Crippen LogP contribution >= 0.6 is 22.9 Å². The summed E-state index contributed by atoms with van der Waals surface area (Å²) in [6, 6.07) is 7.47. The van der Waals surface area contributed by atoms with Gasteiger partial charge in [-0.15, -0.1) is 0 Å². The molecule has 2 atom stereocenters. The van der Waals surface area contributed by atoms with Crippen LogP contribution in [0, 0.1) is 0 Å². The number of halogens is 2. The second kappa shape index (κ2) is 9.32. The van der Waals surface area contributed by atoms with E-state index in [1.165, 1.54) is 17.7 Å². The van der Waals surface area contributed by atoms with E-state index in [1.54, 1.807) is 11.3 Å². The Hall–Kier alpha value is -1.69. The molecule has 10 heteroatoms. The standard InChI is InChI=1S/C25H28ClIN5O2S/c1-25(8-9-25)32-10-7-19-21(13-32)35-24(30-19)23(34)31-27-16-3-2-4-18(16)29-22(33)20-12-14-11-15(26)5-6-17(14)28-20/h5-6,11-12,16,18,28H,2-4,7-10,13H2,1H3,(H,29,33)(H,31,34)/q-1/t16?,18-/m1/s1. The van der Waals surface area contributed by atoms with Crippen molar-refractivity contribution in [2.24, 2.45) is 0 Å². The van der Waals surface area contributed by atoms with Crippen molar-refractivity contribution in [3.05, 3.63) is 50.6 Å². The van der Waals surface area contributed by atoms with Crippen molar-refractivity contribution >= 4 is 45.7 Å². The van der Waals surface area contributed by atoms with Gasteiger partial charge in [-0.3, -0.25) is 0 Å². The van der Waals surface area contributed by atoms with Crippen molar-refractivity contribution in [2.45, 2.75) is 67.5 Å². The molecule has 1 aromatic carbocycles. The van der Waals surface area contributed by atoms with Crippen LogP contribution in [-0.4, -0.2) is 48.7 Å². The Kier molecular flexibility index (Phi) is 6.31. The van der Waals surface area contributed by atoms with Crippen LogP contribution in [0.15, 0.2) is 24.3 Å². The van der Waals surface area contributed by atoms with Crippen molar-refractivity contribution < 1.29 is 31.1 Å². The van der Waals surface area contributed by atoms with Crippen LogP contribution in [-0.2, 0) is 13.0 Å². The molecule has 1 unspecified atom stereocenters. The van der Waals surface area contributed by atoms with E-state index in [2.05, 4.69) is 30.6 Å². The summed E-state index contributed by atoms with van der Waals surface area (Å²) in [5.41, 5.74) is 2.89. The number of rotatable bonds is 6. The van der Waals surface area contributed by atoms with Crippen molar-refractivity contribution in [3.63, 3.8) is 0 Å². The molecule has 6 rings (SSSR count). The Labute approximate surface area is 224 Å². The zero-order valence-corrected chi connectivity index (χ0v) is 23.2. The van der Waals surface area contributed by atoms with Gasteiger partial charge in [0.25, 0.3) is 0 Å². The number of amides is 2. The van der Waals surface area contributed by atoms with Gasteiger partial charge in [0, 0.05) is 0 Å². The number of alkyl halides is 1. The minimum atomic E-state index is -0.609. The third kappa shape index (κ3) is 4.84. The Bertz CT molecular complexity index is 1300. The van der Waals surface area contributed by atoms with Gasteiger partial charge in [-0.1, -0.05) is 0 Å².